The molecule has 0 aliphatic carbocycles. The number of hydrogen-bond acceptors (Lipinski definition) is 11. The number of aliphatic hydroxyl groups excluding tert-OH is 2. The van der Waals surface area contributed by atoms with Crippen LogP contribution in [0.25, 0.3) is 11.1 Å². The number of nitrogens with zero attached hydrogens (tertiary/aromatic N) is 1. The van der Waals surface area contributed by atoms with Crippen LogP contribution < -0.4 is 21.4 Å². The second-order valence-electron chi connectivity index (χ2n) is 17.8. The molecule has 15 heteroatoms. The van der Waals surface area contributed by atoms with Crippen molar-refractivity contribution < 1.29 is 48.8 Å². The van der Waals surface area contributed by atoms with Crippen LogP contribution in [-0.2, 0) is 39.9 Å². The van der Waals surface area contributed by atoms with E-state index in [-0.39, 0.29) is 49.7 Å². The summed E-state index contributed by atoms with van der Waals surface area (Å²) in [6.07, 6.45) is 8.26. The minimum Gasteiger partial charge on any atom is -0.508 e. The molecule has 4 amide bonds. The molecule has 5 rings (SSSR count). The first-order valence-corrected chi connectivity index (χ1v) is 23.2. The summed E-state index contributed by atoms with van der Waals surface area (Å²) < 4.78 is 6.09. The molecule has 362 valence electrons. The van der Waals surface area contributed by atoms with Crippen LogP contribution in [0.2, 0.25) is 0 Å². The minimum absolute atomic E-state index is 0.0358. The predicted octanol–water partition coefficient (Wildman–Crippen LogP) is 5.64. The van der Waals surface area contributed by atoms with Gasteiger partial charge in [0.1, 0.15) is 35.8 Å². The average molecular weight is 932 g/mol. The van der Waals surface area contributed by atoms with Crippen LogP contribution in [0, 0.1) is 17.8 Å². The molecule has 15 nitrogen and oxygen atoms in total. The van der Waals surface area contributed by atoms with E-state index in [0.717, 1.165) is 11.1 Å². The molecule has 0 spiro atoms. The SMILES string of the molecule is CC(=O)CC[C@H]1C(=O)N[C@@H](C(C)C)C(=O)N[C@@H](Cc2cccc(O)c2)C(=O)N2CCCC(N2)C(=O)O[C@H](/C(C)=C/C=C/C(=O)Nc2ccc(-c3ccccc3)cc2)C/C=C/C=C/[C@H](O)[C@H](C)[C@H]1O. The molecule has 0 aromatic heterocycles. The number of amides is 4. The van der Waals surface area contributed by atoms with Gasteiger partial charge in [-0.25, -0.2) is 5.43 Å². The Morgan fingerprint density at radius 3 is 2.32 bits per heavy atom. The van der Waals surface area contributed by atoms with Gasteiger partial charge in [0.2, 0.25) is 17.7 Å². The van der Waals surface area contributed by atoms with Gasteiger partial charge in [-0.05, 0) is 85.6 Å². The molecule has 1 fully saturated rings. The normalized spacial score (nSPS) is 25.9. The van der Waals surface area contributed by atoms with Crippen LogP contribution in [0.5, 0.6) is 5.75 Å². The molecule has 7 N–H and O–H groups in total. The third-order valence-corrected chi connectivity index (χ3v) is 12.1. The summed E-state index contributed by atoms with van der Waals surface area (Å²) in [5.41, 5.74) is 6.81. The zero-order valence-corrected chi connectivity index (χ0v) is 39.3. The van der Waals surface area contributed by atoms with E-state index in [1.54, 1.807) is 70.2 Å². The number of allylic oxidation sites excluding steroid dienone is 4. The first-order valence-electron chi connectivity index (χ1n) is 23.2. The highest BCUT2D eigenvalue weighted by Gasteiger charge is 2.38. The number of hydrogen-bond donors (Lipinski definition) is 7. The fourth-order valence-corrected chi connectivity index (χ4v) is 8.00. The van der Waals surface area contributed by atoms with Crippen LogP contribution in [0.3, 0.4) is 0 Å². The molecule has 68 heavy (non-hydrogen) atoms. The maximum Gasteiger partial charge on any atom is 0.325 e. The molecule has 2 aliphatic rings. The van der Waals surface area contributed by atoms with Gasteiger partial charge in [0, 0.05) is 43.5 Å². The lowest BCUT2D eigenvalue weighted by molar-refractivity contribution is -0.156. The van der Waals surface area contributed by atoms with Gasteiger partial charge in [0.25, 0.3) is 5.91 Å². The number of hydrazine groups is 1. The van der Waals surface area contributed by atoms with Crippen molar-refractivity contribution in [1.82, 2.24) is 21.1 Å². The van der Waals surface area contributed by atoms with Crippen molar-refractivity contribution in [1.29, 1.82) is 0 Å². The molecule has 1 saturated heterocycles. The second-order valence-corrected chi connectivity index (χ2v) is 17.8. The minimum atomic E-state index is -1.43. The molecule has 3 aromatic carbocycles. The number of phenolic OH excluding ortho intramolecular Hbond substituents is 1. The standard InChI is InChI=1S/C53H65N5O10/c1-33(2)48-51(65)55-44(32-37-16-13-19-41(60)31-37)52(66)58-30-14-20-43(57-58)53(67)68-46(22-11-7-10-21-45(61)36(5)49(63)42(50(64)56-48)29-24-35(4)59)34(3)15-12-23-47(62)54-40-27-25-39(26-28-40)38-17-8-6-9-18-38/h6-13,15-19,21,23,25-28,31,33,36,42-46,48-49,57,60-61,63H,14,20,22,24,29-30,32H2,1-5H3,(H,54,62)(H,55,65)(H,56,64)/b11-7+,21-10+,23-12+,34-15+/t36-,42+,43?,44-,45-,46-,48-,49+/m0/s1. The number of benzene rings is 3. The van der Waals surface area contributed by atoms with E-state index in [1.807, 2.05) is 54.6 Å². The summed E-state index contributed by atoms with van der Waals surface area (Å²) in [5.74, 6) is -5.83. The van der Waals surface area contributed by atoms with Gasteiger partial charge in [0.15, 0.2) is 0 Å². The number of carbonyl (C=O) groups excluding carboxylic acids is 6. The summed E-state index contributed by atoms with van der Waals surface area (Å²) in [6, 6.07) is 20.2. The number of esters is 1. The molecular weight excluding hydrogens is 867 g/mol. The number of aromatic hydroxyl groups is 1. The van der Waals surface area contributed by atoms with E-state index in [0.29, 0.717) is 29.7 Å². The Morgan fingerprint density at radius 1 is 0.912 bits per heavy atom. The first kappa shape index (κ1) is 52.3. The lowest BCUT2D eigenvalue weighted by atomic mass is 9.84. The lowest BCUT2D eigenvalue weighted by Crippen LogP contribution is -2.62. The van der Waals surface area contributed by atoms with Crippen molar-refractivity contribution in [2.75, 3.05) is 11.9 Å². The van der Waals surface area contributed by atoms with Crippen molar-refractivity contribution in [2.24, 2.45) is 17.8 Å². The maximum absolute atomic E-state index is 14.4. The van der Waals surface area contributed by atoms with Crippen LogP contribution in [0.1, 0.15) is 72.3 Å². The average Bonchev–Trinajstić information content (AvgIpc) is 3.31. The number of nitrogens with one attached hydrogen (secondary N) is 4. The van der Waals surface area contributed by atoms with E-state index >= 15 is 0 Å². The van der Waals surface area contributed by atoms with Gasteiger partial charge in [0.05, 0.1) is 18.1 Å². The number of fused-ring (bicyclic) bond motifs is 2. The number of phenols is 1. The number of carbonyl (C=O) groups is 6. The number of Topliss-reactive ketones (excluding diaryl/α,β-unsaturated/α-hetero) is 1. The van der Waals surface area contributed by atoms with E-state index < -0.39 is 77.9 Å². The van der Waals surface area contributed by atoms with E-state index in [9.17, 15) is 44.1 Å². The van der Waals surface area contributed by atoms with Gasteiger partial charge in [-0.15, -0.1) is 0 Å². The largest absolute Gasteiger partial charge is 0.508 e. The first-order chi connectivity index (χ1) is 32.5. The second kappa shape index (κ2) is 25.5. The third kappa shape index (κ3) is 15.4. The number of ether oxygens (including phenoxy) is 1. The zero-order valence-electron chi connectivity index (χ0n) is 39.3. The zero-order chi connectivity index (χ0) is 49.3. The Hall–Kier alpha value is -6.68. The maximum atomic E-state index is 14.4. The van der Waals surface area contributed by atoms with Gasteiger partial charge >= 0.3 is 5.97 Å². The smallest absolute Gasteiger partial charge is 0.325 e. The Balaban J connectivity index is 1.42. The number of anilines is 1. The lowest BCUT2D eigenvalue weighted by Gasteiger charge is -2.36. The Bertz CT molecular complexity index is 2340. The van der Waals surface area contributed by atoms with Gasteiger partial charge in [-0.2, -0.15) is 0 Å². The molecule has 2 bridgehead atoms. The highest BCUT2D eigenvalue weighted by molar-refractivity contribution is 5.99. The van der Waals surface area contributed by atoms with Crippen molar-refractivity contribution in [3.63, 3.8) is 0 Å². The summed E-state index contributed by atoms with van der Waals surface area (Å²) in [5, 5.41) is 42.6. The van der Waals surface area contributed by atoms with E-state index in [2.05, 4.69) is 21.4 Å². The highest BCUT2D eigenvalue weighted by Crippen LogP contribution is 2.25. The number of cyclic esters (lactones) is 1. The van der Waals surface area contributed by atoms with Crippen LogP contribution in [0.15, 0.2) is 127 Å². The van der Waals surface area contributed by atoms with Crippen molar-refractivity contribution in [3.05, 3.63) is 133 Å². The van der Waals surface area contributed by atoms with Gasteiger partial charge < -0.3 is 40.8 Å². The molecule has 2 heterocycles. The van der Waals surface area contributed by atoms with E-state index in [4.69, 9.17) is 4.74 Å². The van der Waals surface area contributed by atoms with Gasteiger partial charge in [-0.1, -0.05) is 112 Å². The number of aliphatic hydroxyl groups is 2. The fourth-order valence-electron chi connectivity index (χ4n) is 8.00. The van der Waals surface area contributed by atoms with Crippen molar-refractivity contribution in [2.45, 2.75) is 110 Å². The molecular formula is C53H65N5O10. The number of rotatable bonds is 11. The monoisotopic (exact) mass is 931 g/mol. The predicted molar refractivity (Wildman–Crippen MR) is 259 cm³/mol. The summed E-state index contributed by atoms with van der Waals surface area (Å²) in [7, 11) is 0. The fraction of sp³-hybridized carbons (Fsp3) is 0.396. The molecule has 1 unspecified atom stereocenters. The molecule has 3 aromatic rings. The van der Waals surface area contributed by atoms with Crippen LogP contribution >= 0.6 is 0 Å². The van der Waals surface area contributed by atoms with Crippen LogP contribution in [0.4, 0.5) is 5.69 Å². The Morgan fingerprint density at radius 2 is 1.63 bits per heavy atom. The topological polar surface area (TPSA) is 224 Å². The molecule has 2 aliphatic heterocycles. The van der Waals surface area contributed by atoms with Crippen molar-refractivity contribution in [3.8, 4) is 16.9 Å². The van der Waals surface area contributed by atoms with Gasteiger partial charge in [-0.3, -0.25) is 29.0 Å². The molecule has 0 radical (unpaired) electrons. The Kier molecular flexibility index (Phi) is 19.6. The highest BCUT2D eigenvalue weighted by atomic mass is 16.5. The summed E-state index contributed by atoms with van der Waals surface area (Å²) >= 11 is 0. The van der Waals surface area contributed by atoms with Crippen LogP contribution in [-0.4, -0.2) is 98.7 Å². The van der Waals surface area contributed by atoms with E-state index in [1.165, 1.54) is 36.2 Å². The summed E-state index contributed by atoms with van der Waals surface area (Å²) in [4.78, 5) is 81.5. The Labute approximate surface area is 398 Å². The number of ketones is 1. The summed E-state index contributed by atoms with van der Waals surface area (Å²) in [6.45, 7) is 8.30. The molecule has 0 saturated carbocycles. The van der Waals surface area contributed by atoms with Crippen molar-refractivity contribution >= 4 is 41.1 Å². The molecule has 8 atom stereocenters. The quantitative estimate of drug-likeness (QED) is 0.0709. The third-order valence-electron chi connectivity index (χ3n) is 12.1.